The molecule has 0 unspecified atom stereocenters. The van der Waals surface area contributed by atoms with Gasteiger partial charge in [0.2, 0.25) is 5.91 Å². The van der Waals surface area contributed by atoms with Gasteiger partial charge in [-0.25, -0.2) is 5.43 Å². The molecule has 0 aliphatic carbocycles. The number of nitrogens with zero attached hydrogens (tertiary/aromatic N) is 1. The molecule has 0 atom stereocenters. The quantitative estimate of drug-likeness (QED) is 0.641. The summed E-state index contributed by atoms with van der Waals surface area (Å²) in [6.07, 6.45) is 1.44. The molecule has 0 spiro atoms. The van der Waals surface area contributed by atoms with E-state index in [-0.39, 0.29) is 5.91 Å². The number of carbonyl (C=O) groups is 1. The van der Waals surface area contributed by atoms with Gasteiger partial charge in [0.15, 0.2) is 5.09 Å². The van der Waals surface area contributed by atoms with Crippen molar-refractivity contribution in [2.45, 2.75) is 16.9 Å². The van der Waals surface area contributed by atoms with E-state index < -0.39 is 0 Å². The van der Waals surface area contributed by atoms with Gasteiger partial charge in [0.1, 0.15) is 5.76 Å². The number of rotatable bonds is 4. The maximum atomic E-state index is 10.7. The summed E-state index contributed by atoms with van der Waals surface area (Å²) in [5.74, 6) is 0.310. The predicted molar refractivity (Wildman–Crippen MR) is 83.4 cm³/mol. The molecule has 7 heteroatoms. The second-order valence-electron chi connectivity index (χ2n) is 3.77. The fourth-order valence-electron chi connectivity index (χ4n) is 1.30. The van der Waals surface area contributed by atoms with Crippen molar-refractivity contribution in [2.24, 2.45) is 5.10 Å². The highest BCUT2D eigenvalue weighted by molar-refractivity contribution is 9.10. The summed E-state index contributed by atoms with van der Waals surface area (Å²) in [7, 11) is 0. The number of furan rings is 1. The molecule has 0 bridgehead atoms. The minimum Gasteiger partial charge on any atom is -0.447 e. The van der Waals surface area contributed by atoms with Crippen molar-refractivity contribution in [3.8, 4) is 0 Å². The third-order valence-electron chi connectivity index (χ3n) is 2.11. The first-order valence-corrected chi connectivity index (χ1v) is 7.56. The lowest BCUT2D eigenvalue weighted by atomic mass is 10.4. The van der Waals surface area contributed by atoms with Gasteiger partial charge in [-0.15, -0.1) is 0 Å². The van der Waals surface area contributed by atoms with E-state index in [9.17, 15) is 4.79 Å². The third-order valence-corrected chi connectivity index (χ3v) is 4.21. The molecule has 20 heavy (non-hydrogen) atoms. The number of hydrazone groups is 1. The molecule has 0 fully saturated rings. The van der Waals surface area contributed by atoms with Crippen LogP contribution in [-0.4, -0.2) is 12.1 Å². The van der Waals surface area contributed by atoms with Crippen LogP contribution < -0.4 is 5.43 Å². The Labute approximate surface area is 133 Å². The molecule has 1 aromatic heterocycles. The summed E-state index contributed by atoms with van der Waals surface area (Å²) in [5.41, 5.74) is 2.31. The van der Waals surface area contributed by atoms with Crippen molar-refractivity contribution in [1.29, 1.82) is 0 Å². The molecule has 0 saturated heterocycles. The van der Waals surface area contributed by atoms with Crippen LogP contribution in [0.15, 0.2) is 54.3 Å². The van der Waals surface area contributed by atoms with Crippen LogP contribution in [0.25, 0.3) is 0 Å². The Kier molecular flexibility index (Phi) is 5.28. The first-order chi connectivity index (χ1) is 9.54. The molecule has 0 radical (unpaired) electrons. The van der Waals surface area contributed by atoms with E-state index in [2.05, 4.69) is 26.5 Å². The number of carbonyl (C=O) groups excluding carboxylic acids is 1. The molecule has 0 saturated carbocycles. The second kappa shape index (κ2) is 6.97. The monoisotopic (exact) mass is 372 g/mol. The maximum absolute atomic E-state index is 10.7. The molecule has 1 heterocycles. The minimum atomic E-state index is -0.234. The van der Waals surface area contributed by atoms with E-state index in [4.69, 9.17) is 16.0 Å². The largest absolute Gasteiger partial charge is 0.447 e. The summed E-state index contributed by atoms with van der Waals surface area (Å²) in [5, 5.41) is 5.14. The Bertz CT molecular complexity index is 640. The Hall–Kier alpha value is -1.24. The predicted octanol–water partition coefficient (Wildman–Crippen LogP) is 4.32. The van der Waals surface area contributed by atoms with Crippen molar-refractivity contribution in [2.75, 3.05) is 0 Å². The number of benzene rings is 1. The standard InChI is InChI=1S/C13H10BrClN2O2S/c1-8(18)17-16-7-10-6-12(14)13(19-10)20-11-4-2-9(15)3-5-11/h2-7H,1H3,(H,17,18)/b16-7-. The number of amides is 1. The van der Waals surface area contributed by atoms with Crippen molar-refractivity contribution in [3.05, 3.63) is 45.6 Å². The Morgan fingerprint density at radius 3 is 2.80 bits per heavy atom. The summed E-state index contributed by atoms with van der Waals surface area (Å²) < 4.78 is 6.43. The lowest BCUT2D eigenvalue weighted by molar-refractivity contribution is -0.118. The molecule has 0 aliphatic heterocycles. The fourth-order valence-corrected chi connectivity index (χ4v) is 2.75. The zero-order chi connectivity index (χ0) is 14.5. The van der Waals surface area contributed by atoms with Crippen molar-refractivity contribution in [1.82, 2.24) is 5.43 Å². The van der Waals surface area contributed by atoms with Crippen LogP contribution in [0.2, 0.25) is 5.02 Å². The Morgan fingerprint density at radius 1 is 1.45 bits per heavy atom. The first kappa shape index (κ1) is 15.2. The fraction of sp³-hybridized carbons (Fsp3) is 0.0769. The van der Waals surface area contributed by atoms with Gasteiger partial charge in [0.05, 0.1) is 10.7 Å². The highest BCUT2D eigenvalue weighted by atomic mass is 79.9. The van der Waals surface area contributed by atoms with E-state index in [0.717, 1.165) is 9.37 Å². The van der Waals surface area contributed by atoms with Gasteiger partial charge in [0.25, 0.3) is 0 Å². The molecule has 2 rings (SSSR count). The number of nitrogens with one attached hydrogen (secondary N) is 1. The second-order valence-corrected chi connectivity index (χ2v) is 6.10. The van der Waals surface area contributed by atoms with Crippen molar-refractivity contribution < 1.29 is 9.21 Å². The summed E-state index contributed by atoms with van der Waals surface area (Å²) >= 11 is 10.7. The Morgan fingerprint density at radius 2 is 2.15 bits per heavy atom. The van der Waals surface area contributed by atoms with Crippen LogP contribution in [0.5, 0.6) is 0 Å². The van der Waals surface area contributed by atoms with Gasteiger partial charge in [0, 0.05) is 22.9 Å². The zero-order valence-electron chi connectivity index (χ0n) is 10.4. The third kappa shape index (κ3) is 4.40. The molecule has 1 N–H and O–H groups in total. The van der Waals surface area contributed by atoms with E-state index in [1.165, 1.54) is 24.9 Å². The average Bonchev–Trinajstić information content (AvgIpc) is 2.72. The average molecular weight is 374 g/mol. The molecular weight excluding hydrogens is 364 g/mol. The molecule has 1 amide bonds. The van der Waals surface area contributed by atoms with Crippen molar-refractivity contribution in [3.63, 3.8) is 0 Å². The van der Waals surface area contributed by atoms with Crippen LogP contribution >= 0.6 is 39.3 Å². The van der Waals surface area contributed by atoms with Gasteiger partial charge in [-0.3, -0.25) is 4.79 Å². The summed E-state index contributed by atoms with van der Waals surface area (Å²) in [4.78, 5) is 11.7. The lowest BCUT2D eigenvalue weighted by Crippen LogP contribution is -2.12. The number of hydrogen-bond acceptors (Lipinski definition) is 4. The summed E-state index contributed by atoms with van der Waals surface area (Å²) in [6.45, 7) is 1.39. The van der Waals surface area contributed by atoms with Crippen LogP contribution in [-0.2, 0) is 4.79 Å². The van der Waals surface area contributed by atoms with Gasteiger partial charge in [-0.1, -0.05) is 23.4 Å². The normalized spacial score (nSPS) is 10.9. The van der Waals surface area contributed by atoms with Crippen molar-refractivity contribution >= 4 is 51.4 Å². The first-order valence-electron chi connectivity index (χ1n) is 5.57. The highest BCUT2D eigenvalue weighted by Crippen LogP contribution is 2.35. The smallest absolute Gasteiger partial charge is 0.236 e. The highest BCUT2D eigenvalue weighted by Gasteiger charge is 2.09. The van der Waals surface area contributed by atoms with Crippen LogP contribution in [0, 0.1) is 0 Å². The van der Waals surface area contributed by atoms with E-state index >= 15 is 0 Å². The van der Waals surface area contributed by atoms with Gasteiger partial charge >= 0.3 is 0 Å². The van der Waals surface area contributed by atoms with Gasteiger partial charge in [-0.05, 0) is 40.2 Å². The molecule has 2 aromatic rings. The van der Waals surface area contributed by atoms with Crippen LogP contribution in [0.4, 0.5) is 0 Å². The molecule has 104 valence electrons. The maximum Gasteiger partial charge on any atom is 0.236 e. The van der Waals surface area contributed by atoms with E-state index in [1.807, 2.05) is 24.3 Å². The van der Waals surface area contributed by atoms with Crippen LogP contribution in [0.1, 0.15) is 12.7 Å². The van der Waals surface area contributed by atoms with E-state index in [0.29, 0.717) is 15.9 Å². The lowest BCUT2D eigenvalue weighted by Gasteiger charge is -1.98. The van der Waals surface area contributed by atoms with Gasteiger partial charge in [-0.2, -0.15) is 5.10 Å². The summed E-state index contributed by atoms with van der Waals surface area (Å²) in [6, 6.07) is 9.24. The van der Waals surface area contributed by atoms with Crippen LogP contribution in [0.3, 0.4) is 0 Å². The topological polar surface area (TPSA) is 54.6 Å². The minimum absolute atomic E-state index is 0.234. The molecule has 1 aromatic carbocycles. The number of hydrogen-bond donors (Lipinski definition) is 1. The molecule has 4 nitrogen and oxygen atoms in total. The Balaban J connectivity index is 2.09. The molecule has 0 aliphatic rings. The zero-order valence-corrected chi connectivity index (χ0v) is 13.6. The van der Waals surface area contributed by atoms with Gasteiger partial charge < -0.3 is 4.42 Å². The van der Waals surface area contributed by atoms with E-state index in [1.54, 1.807) is 6.07 Å². The number of halogens is 2. The SMILES string of the molecule is CC(=O)N/N=C\c1cc(Br)c(Sc2ccc(Cl)cc2)o1. The molecular formula is C13H10BrClN2O2S.